The number of alkyl halides is 3. The van der Waals surface area contributed by atoms with Gasteiger partial charge < -0.3 is 15.0 Å². The quantitative estimate of drug-likeness (QED) is 0.763. The van der Waals surface area contributed by atoms with Gasteiger partial charge in [-0.2, -0.15) is 13.2 Å². The average Bonchev–Trinajstić information content (AvgIpc) is 2.73. The van der Waals surface area contributed by atoms with E-state index < -0.39 is 12.8 Å². The summed E-state index contributed by atoms with van der Waals surface area (Å²) in [4.78, 5) is 23.0. The van der Waals surface area contributed by atoms with Gasteiger partial charge in [-0.15, -0.1) is 0 Å². The Hall–Kier alpha value is -2.68. The zero-order valence-corrected chi connectivity index (χ0v) is 15.9. The number of aromatic nitrogens is 2. The molecule has 1 aromatic carbocycles. The summed E-state index contributed by atoms with van der Waals surface area (Å²) in [7, 11) is 0. The highest BCUT2D eigenvalue weighted by molar-refractivity contribution is 5.79. The summed E-state index contributed by atoms with van der Waals surface area (Å²) < 4.78 is 40.9. The van der Waals surface area contributed by atoms with Crippen LogP contribution in [0.4, 0.5) is 19.0 Å². The highest BCUT2D eigenvalue weighted by atomic mass is 19.4. The zero-order chi connectivity index (χ0) is 20.7. The number of anilines is 1. The fraction of sp³-hybridized carbons (Fsp3) is 0.450. The van der Waals surface area contributed by atoms with Gasteiger partial charge in [0.05, 0.1) is 18.7 Å². The van der Waals surface area contributed by atoms with E-state index in [4.69, 9.17) is 0 Å². The molecule has 0 spiro atoms. The molecule has 3 rings (SSSR count). The summed E-state index contributed by atoms with van der Waals surface area (Å²) in [5, 5.41) is 2.94. The first-order chi connectivity index (χ1) is 13.9. The molecule has 1 N–H and O–H groups in total. The van der Waals surface area contributed by atoms with Crippen LogP contribution in [0.1, 0.15) is 24.0 Å². The molecule has 6 nitrogen and oxygen atoms in total. The third kappa shape index (κ3) is 6.70. The van der Waals surface area contributed by atoms with Gasteiger partial charge in [0.2, 0.25) is 5.91 Å². The smallest absolute Gasteiger partial charge is 0.367 e. The summed E-state index contributed by atoms with van der Waals surface area (Å²) in [6, 6.07) is 6.96. The fourth-order valence-electron chi connectivity index (χ4n) is 3.23. The maximum atomic E-state index is 12.6. The predicted molar refractivity (Wildman–Crippen MR) is 101 cm³/mol. The summed E-state index contributed by atoms with van der Waals surface area (Å²) in [6.45, 7) is 0.439. The van der Waals surface area contributed by atoms with E-state index >= 15 is 0 Å². The lowest BCUT2D eigenvalue weighted by molar-refractivity contribution is -0.176. The van der Waals surface area contributed by atoms with Crippen molar-refractivity contribution in [3.8, 4) is 0 Å². The monoisotopic (exact) mass is 408 g/mol. The lowest BCUT2D eigenvalue weighted by Gasteiger charge is -2.32. The van der Waals surface area contributed by atoms with E-state index in [2.05, 4.69) is 24.9 Å². The molecule has 0 unspecified atom stereocenters. The first-order valence-electron chi connectivity index (χ1n) is 9.42. The van der Waals surface area contributed by atoms with E-state index in [1.807, 2.05) is 0 Å². The maximum absolute atomic E-state index is 12.6. The van der Waals surface area contributed by atoms with Crippen LogP contribution in [0.2, 0.25) is 0 Å². The second-order valence-corrected chi connectivity index (χ2v) is 6.99. The largest absolute Gasteiger partial charge is 0.411 e. The second kappa shape index (κ2) is 9.69. The van der Waals surface area contributed by atoms with Crippen LogP contribution in [0.3, 0.4) is 0 Å². The Kier molecular flexibility index (Phi) is 7.03. The van der Waals surface area contributed by atoms with Gasteiger partial charge in [-0.1, -0.05) is 24.3 Å². The third-order valence-electron chi connectivity index (χ3n) is 4.69. The van der Waals surface area contributed by atoms with Crippen LogP contribution in [0.15, 0.2) is 42.9 Å². The summed E-state index contributed by atoms with van der Waals surface area (Å²) in [5.74, 6) is 0.630. The highest BCUT2D eigenvalue weighted by Gasteiger charge is 2.27. The Morgan fingerprint density at radius 1 is 1.21 bits per heavy atom. The van der Waals surface area contributed by atoms with Crippen molar-refractivity contribution in [3.05, 3.63) is 54.0 Å². The first kappa shape index (κ1) is 21.0. The molecule has 1 amide bonds. The average molecular weight is 408 g/mol. The number of hydrogen-bond acceptors (Lipinski definition) is 5. The summed E-state index contributed by atoms with van der Waals surface area (Å²) in [6.07, 6.45) is 2.34. The predicted octanol–water partition coefficient (Wildman–Crippen LogP) is 3.09. The standard InChI is InChI=1S/C20H23F3N4O2/c21-20(22,23)14-29-13-16-5-3-15(4-6-16)10-26-19(28)17-2-1-9-27(12-17)18-11-24-7-8-25-18/h3-8,11,17H,1-2,9-10,12-14H2,(H,26,28)/t17-/m1/s1. The van der Waals surface area contributed by atoms with Crippen molar-refractivity contribution in [2.45, 2.75) is 32.2 Å². The number of nitrogens with zero attached hydrogens (tertiary/aromatic N) is 3. The molecule has 1 atom stereocenters. The van der Waals surface area contributed by atoms with E-state index in [-0.39, 0.29) is 18.4 Å². The number of carbonyl (C=O) groups excluding carboxylic acids is 1. The van der Waals surface area contributed by atoms with Crippen molar-refractivity contribution < 1.29 is 22.7 Å². The first-order valence-corrected chi connectivity index (χ1v) is 9.42. The number of hydrogen-bond donors (Lipinski definition) is 1. The molecule has 1 aliphatic heterocycles. The van der Waals surface area contributed by atoms with Crippen molar-refractivity contribution in [3.63, 3.8) is 0 Å². The van der Waals surface area contributed by atoms with E-state index in [0.29, 0.717) is 18.7 Å². The van der Waals surface area contributed by atoms with Crippen LogP contribution in [-0.4, -0.2) is 41.7 Å². The molecule has 1 aliphatic rings. The number of benzene rings is 1. The minimum Gasteiger partial charge on any atom is -0.367 e. The van der Waals surface area contributed by atoms with Crippen molar-refractivity contribution in [1.29, 1.82) is 0 Å². The van der Waals surface area contributed by atoms with Gasteiger partial charge in [-0.3, -0.25) is 9.78 Å². The SMILES string of the molecule is O=C(NCc1ccc(COCC(F)(F)F)cc1)[C@@H]1CCCN(c2cnccn2)C1. The molecular weight excluding hydrogens is 385 g/mol. The molecule has 2 aromatic rings. The van der Waals surface area contributed by atoms with Crippen molar-refractivity contribution in [1.82, 2.24) is 15.3 Å². The van der Waals surface area contributed by atoms with Gasteiger partial charge in [0, 0.05) is 32.0 Å². The topological polar surface area (TPSA) is 67.3 Å². The minimum absolute atomic E-state index is 0.0174. The molecule has 29 heavy (non-hydrogen) atoms. The number of rotatable bonds is 7. The van der Waals surface area contributed by atoms with Crippen LogP contribution in [0, 0.1) is 5.92 Å². The summed E-state index contributed by atoms with van der Waals surface area (Å²) in [5.41, 5.74) is 1.52. The van der Waals surface area contributed by atoms with Gasteiger partial charge >= 0.3 is 6.18 Å². The number of piperidine rings is 1. The van der Waals surface area contributed by atoms with Crippen LogP contribution in [-0.2, 0) is 22.7 Å². The van der Waals surface area contributed by atoms with E-state index in [9.17, 15) is 18.0 Å². The molecule has 0 bridgehead atoms. The van der Waals surface area contributed by atoms with Crippen LogP contribution in [0.5, 0.6) is 0 Å². The molecule has 0 saturated carbocycles. The second-order valence-electron chi connectivity index (χ2n) is 6.99. The van der Waals surface area contributed by atoms with Crippen LogP contribution >= 0.6 is 0 Å². The third-order valence-corrected chi connectivity index (χ3v) is 4.69. The Balaban J connectivity index is 1.45. The maximum Gasteiger partial charge on any atom is 0.411 e. The van der Waals surface area contributed by atoms with Gasteiger partial charge in [0.15, 0.2) is 0 Å². The van der Waals surface area contributed by atoms with Gasteiger partial charge in [-0.05, 0) is 24.0 Å². The Morgan fingerprint density at radius 3 is 2.66 bits per heavy atom. The normalized spacial score (nSPS) is 17.2. The van der Waals surface area contributed by atoms with Crippen molar-refractivity contribution in [2.75, 3.05) is 24.6 Å². The Morgan fingerprint density at radius 2 is 1.97 bits per heavy atom. The van der Waals surface area contributed by atoms with Gasteiger partial charge in [0.1, 0.15) is 12.4 Å². The number of carbonyl (C=O) groups is 1. The van der Waals surface area contributed by atoms with Crippen molar-refractivity contribution >= 4 is 11.7 Å². The molecule has 9 heteroatoms. The number of nitrogens with one attached hydrogen (secondary N) is 1. The number of amides is 1. The summed E-state index contributed by atoms with van der Waals surface area (Å²) >= 11 is 0. The Bertz CT molecular complexity index is 785. The lowest BCUT2D eigenvalue weighted by atomic mass is 9.97. The van der Waals surface area contributed by atoms with Gasteiger partial charge in [0.25, 0.3) is 0 Å². The molecule has 0 aliphatic carbocycles. The molecule has 0 radical (unpaired) electrons. The molecule has 1 fully saturated rings. The molecule has 2 heterocycles. The van der Waals surface area contributed by atoms with E-state index in [1.165, 1.54) is 0 Å². The molecule has 1 saturated heterocycles. The van der Waals surface area contributed by atoms with Crippen molar-refractivity contribution in [2.24, 2.45) is 5.92 Å². The highest BCUT2D eigenvalue weighted by Crippen LogP contribution is 2.21. The van der Waals surface area contributed by atoms with E-state index in [1.54, 1.807) is 42.9 Å². The zero-order valence-electron chi connectivity index (χ0n) is 15.9. The molecular formula is C20H23F3N4O2. The lowest BCUT2D eigenvalue weighted by Crippen LogP contribution is -2.43. The molecule has 156 valence electrons. The number of ether oxygens (including phenoxy) is 1. The molecule has 1 aromatic heterocycles. The van der Waals surface area contributed by atoms with Gasteiger partial charge in [-0.25, -0.2) is 4.98 Å². The number of halogens is 3. The Labute approximate surface area is 167 Å². The van der Waals surface area contributed by atoms with Crippen LogP contribution in [0.25, 0.3) is 0 Å². The minimum atomic E-state index is -4.33. The van der Waals surface area contributed by atoms with Crippen LogP contribution < -0.4 is 10.2 Å². The fourth-order valence-corrected chi connectivity index (χ4v) is 3.23. The van der Waals surface area contributed by atoms with E-state index in [0.717, 1.165) is 30.8 Å².